The van der Waals surface area contributed by atoms with Gasteiger partial charge in [0, 0.05) is 11.2 Å². The molecule has 1 fully saturated rings. The van der Waals surface area contributed by atoms with E-state index in [1.54, 1.807) is 4.90 Å². The lowest BCUT2D eigenvalue weighted by atomic mass is 10.1. The van der Waals surface area contributed by atoms with Crippen molar-refractivity contribution < 1.29 is 18.9 Å². The first-order chi connectivity index (χ1) is 12.3. The number of hydrogen-bond donors (Lipinski definition) is 2. The predicted molar refractivity (Wildman–Crippen MR) is 101 cm³/mol. The van der Waals surface area contributed by atoms with E-state index >= 15 is 0 Å². The summed E-state index contributed by atoms with van der Waals surface area (Å²) in [6, 6.07) is 5.62. The summed E-state index contributed by atoms with van der Waals surface area (Å²) in [4.78, 5) is 28.2. The lowest BCUT2D eigenvalue weighted by Gasteiger charge is -2.35. The smallest absolute Gasteiger partial charge is 0.278 e. The van der Waals surface area contributed by atoms with E-state index in [1.165, 1.54) is 42.0 Å². The third kappa shape index (κ3) is 6.41. The topological polar surface area (TPSA) is 53.9 Å². The van der Waals surface area contributed by atoms with E-state index in [4.69, 9.17) is 0 Å². The van der Waals surface area contributed by atoms with Crippen LogP contribution in [-0.2, 0) is 9.59 Å². The molecule has 144 valence electrons. The maximum absolute atomic E-state index is 13.0. The van der Waals surface area contributed by atoms with Crippen molar-refractivity contribution in [2.75, 3.05) is 31.5 Å². The van der Waals surface area contributed by atoms with E-state index < -0.39 is 5.54 Å². The van der Waals surface area contributed by atoms with Crippen LogP contribution in [0.5, 0.6) is 0 Å². The molecular formula is C20H31FN3O2+. The zero-order valence-corrected chi connectivity index (χ0v) is 16.1. The van der Waals surface area contributed by atoms with Gasteiger partial charge < -0.3 is 15.1 Å². The Morgan fingerprint density at radius 1 is 1.08 bits per heavy atom. The summed E-state index contributed by atoms with van der Waals surface area (Å²) in [5.74, 6) is -0.621. The molecule has 0 bridgehead atoms. The molecule has 1 heterocycles. The van der Waals surface area contributed by atoms with Gasteiger partial charge in [-0.25, -0.2) is 4.39 Å². The molecule has 0 saturated carbocycles. The van der Waals surface area contributed by atoms with Gasteiger partial charge in [0.05, 0.1) is 13.1 Å². The van der Waals surface area contributed by atoms with E-state index in [1.807, 2.05) is 20.8 Å². The summed E-state index contributed by atoms with van der Waals surface area (Å²) in [7, 11) is 0. The number of nitrogens with zero attached hydrogens (tertiary/aromatic N) is 1. The van der Waals surface area contributed by atoms with Crippen molar-refractivity contribution >= 4 is 17.5 Å². The van der Waals surface area contributed by atoms with Crippen LogP contribution in [0, 0.1) is 5.82 Å². The number of nitrogens with one attached hydrogen (secondary N) is 2. The van der Waals surface area contributed by atoms with Crippen molar-refractivity contribution in [3.63, 3.8) is 0 Å². The summed E-state index contributed by atoms with van der Waals surface area (Å²) in [6.45, 7) is 8.28. The first kappa shape index (κ1) is 20.4. The highest BCUT2D eigenvalue weighted by Crippen LogP contribution is 2.14. The number of hydrogen-bond acceptors (Lipinski definition) is 2. The number of benzene rings is 1. The van der Waals surface area contributed by atoms with Gasteiger partial charge >= 0.3 is 0 Å². The monoisotopic (exact) mass is 364 g/mol. The maximum Gasteiger partial charge on any atom is 0.278 e. The first-order valence-corrected chi connectivity index (χ1v) is 9.45. The van der Waals surface area contributed by atoms with Crippen molar-refractivity contribution in [1.29, 1.82) is 0 Å². The van der Waals surface area contributed by atoms with Crippen LogP contribution in [0.15, 0.2) is 24.3 Å². The van der Waals surface area contributed by atoms with Crippen LogP contribution >= 0.6 is 0 Å². The summed E-state index contributed by atoms with van der Waals surface area (Å²) in [5, 5.41) is 2.73. The normalized spacial score (nSPS) is 16.0. The zero-order chi connectivity index (χ0) is 19.2. The number of quaternary nitrogens is 1. The highest BCUT2D eigenvalue weighted by Gasteiger charge is 2.31. The fourth-order valence-corrected chi connectivity index (χ4v) is 3.29. The molecule has 1 aliphatic rings. The Labute approximate surface area is 155 Å². The van der Waals surface area contributed by atoms with Gasteiger partial charge in [-0.05, 0) is 70.7 Å². The summed E-state index contributed by atoms with van der Waals surface area (Å²) in [5.41, 5.74) is 0.0820. The van der Waals surface area contributed by atoms with Crippen molar-refractivity contribution in [1.82, 2.24) is 4.90 Å². The second-order valence-corrected chi connectivity index (χ2v) is 8.05. The molecule has 2 N–H and O–H groups in total. The average molecular weight is 364 g/mol. The number of anilines is 1. The van der Waals surface area contributed by atoms with Crippen molar-refractivity contribution in [3.05, 3.63) is 30.1 Å². The molecule has 0 atom stereocenters. The van der Waals surface area contributed by atoms with E-state index in [2.05, 4.69) is 5.32 Å². The van der Waals surface area contributed by atoms with Crippen LogP contribution in [0.3, 0.4) is 0 Å². The second-order valence-electron chi connectivity index (χ2n) is 8.05. The van der Waals surface area contributed by atoms with Gasteiger partial charge in [-0.1, -0.05) is 0 Å². The molecule has 0 aliphatic carbocycles. The molecule has 5 nitrogen and oxygen atoms in total. The molecule has 1 saturated heterocycles. The Kier molecular flexibility index (Phi) is 7.14. The molecule has 26 heavy (non-hydrogen) atoms. The third-order valence-electron chi connectivity index (χ3n) is 4.75. The van der Waals surface area contributed by atoms with Crippen molar-refractivity contribution in [2.45, 2.75) is 52.0 Å². The SMILES string of the molecule is CC(C)(C)N(CC(=O)Nc1ccc(F)cc1)C(=O)C[NH+]1CCCCCC1. The minimum atomic E-state index is -0.442. The van der Waals surface area contributed by atoms with Crippen LogP contribution < -0.4 is 10.2 Å². The Bertz CT molecular complexity index is 602. The Balaban J connectivity index is 1.98. The molecule has 1 aromatic rings. The molecule has 1 aromatic carbocycles. The standard InChI is InChI=1S/C20H30FN3O2/c1-20(2,3)24(19(26)15-23-12-6-4-5-7-13-23)14-18(25)22-17-10-8-16(21)9-11-17/h8-11H,4-7,12-15H2,1-3H3,(H,22,25)/p+1. The van der Waals surface area contributed by atoms with E-state index in [-0.39, 0.29) is 24.2 Å². The molecule has 2 amide bonds. The third-order valence-corrected chi connectivity index (χ3v) is 4.75. The van der Waals surface area contributed by atoms with Gasteiger partial charge in [0.1, 0.15) is 12.4 Å². The van der Waals surface area contributed by atoms with E-state index in [0.717, 1.165) is 25.9 Å². The molecule has 6 heteroatoms. The summed E-state index contributed by atoms with van der Waals surface area (Å²) in [6.07, 6.45) is 4.79. The number of likely N-dealkylation sites (tertiary alicyclic amines) is 1. The maximum atomic E-state index is 13.0. The molecule has 0 unspecified atom stereocenters. The van der Waals surface area contributed by atoms with Crippen LogP contribution in [0.4, 0.5) is 10.1 Å². The fraction of sp³-hybridized carbons (Fsp3) is 0.600. The second kappa shape index (κ2) is 9.12. The number of amides is 2. The number of carbonyl (C=O) groups excluding carboxylic acids is 2. The van der Waals surface area contributed by atoms with Crippen LogP contribution in [0.25, 0.3) is 0 Å². The largest absolute Gasteiger partial charge is 0.327 e. The number of carbonyl (C=O) groups is 2. The number of rotatable bonds is 5. The van der Waals surface area contributed by atoms with Gasteiger partial charge in [0.15, 0.2) is 6.54 Å². The van der Waals surface area contributed by atoms with Crippen LogP contribution in [-0.4, -0.2) is 48.4 Å². The lowest BCUT2D eigenvalue weighted by Crippen LogP contribution is -3.13. The van der Waals surface area contributed by atoms with Crippen molar-refractivity contribution in [3.8, 4) is 0 Å². The Hall–Kier alpha value is -1.95. The van der Waals surface area contributed by atoms with E-state index in [9.17, 15) is 14.0 Å². The first-order valence-electron chi connectivity index (χ1n) is 9.45. The minimum Gasteiger partial charge on any atom is -0.327 e. The van der Waals surface area contributed by atoms with Gasteiger partial charge in [-0.15, -0.1) is 0 Å². The number of halogens is 1. The van der Waals surface area contributed by atoms with Gasteiger partial charge in [-0.2, -0.15) is 0 Å². The minimum absolute atomic E-state index is 0.00339. The Morgan fingerprint density at radius 2 is 1.65 bits per heavy atom. The molecule has 0 radical (unpaired) electrons. The highest BCUT2D eigenvalue weighted by atomic mass is 19.1. The zero-order valence-electron chi connectivity index (χ0n) is 16.1. The predicted octanol–water partition coefficient (Wildman–Crippen LogP) is 1.85. The van der Waals surface area contributed by atoms with Crippen molar-refractivity contribution in [2.24, 2.45) is 0 Å². The van der Waals surface area contributed by atoms with Crippen LogP contribution in [0.1, 0.15) is 46.5 Å². The van der Waals surface area contributed by atoms with Crippen LogP contribution in [0.2, 0.25) is 0 Å². The lowest BCUT2D eigenvalue weighted by molar-refractivity contribution is -0.891. The van der Waals surface area contributed by atoms with Gasteiger partial charge in [-0.3, -0.25) is 9.59 Å². The quantitative estimate of drug-likeness (QED) is 0.838. The molecule has 2 rings (SSSR count). The Morgan fingerprint density at radius 3 is 2.19 bits per heavy atom. The fourth-order valence-electron chi connectivity index (χ4n) is 3.29. The van der Waals surface area contributed by atoms with Gasteiger partial charge in [0.2, 0.25) is 5.91 Å². The summed E-state index contributed by atoms with van der Waals surface area (Å²) >= 11 is 0. The highest BCUT2D eigenvalue weighted by molar-refractivity contribution is 5.94. The molecule has 0 aromatic heterocycles. The summed E-state index contributed by atoms with van der Waals surface area (Å²) < 4.78 is 13.0. The molecule has 0 spiro atoms. The van der Waals surface area contributed by atoms with E-state index in [0.29, 0.717) is 12.2 Å². The average Bonchev–Trinajstić information content (AvgIpc) is 2.82. The molecular weight excluding hydrogens is 333 g/mol. The van der Waals surface area contributed by atoms with Gasteiger partial charge in [0.25, 0.3) is 5.91 Å². The molecule has 1 aliphatic heterocycles.